The predicted octanol–water partition coefficient (Wildman–Crippen LogP) is -0.0296. The van der Waals surface area contributed by atoms with Crippen molar-refractivity contribution in [1.82, 2.24) is 0 Å². The van der Waals surface area contributed by atoms with Crippen LogP contribution in [0.5, 0.6) is 5.75 Å². The van der Waals surface area contributed by atoms with Crippen LogP contribution in [0.2, 0.25) is 0 Å². The van der Waals surface area contributed by atoms with E-state index in [0.29, 0.717) is 11.0 Å². The minimum atomic E-state index is -4.26. The predicted molar refractivity (Wildman–Crippen MR) is 73.2 cm³/mol. The van der Waals surface area contributed by atoms with E-state index in [-0.39, 0.29) is 12.2 Å². The first-order valence-electron chi connectivity index (χ1n) is 5.84. The first-order chi connectivity index (χ1) is 9.42. The van der Waals surface area contributed by atoms with Crippen LogP contribution < -0.4 is 5.11 Å². The number of quaternary nitrogens is 1. The molecule has 0 aliphatic carbocycles. The second-order valence-electron chi connectivity index (χ2n) is 5.06. The van der Waals surface area contributed by atoms with Gasteiger partial charge >= 0.3 is 16.4 Å². The van der Waals surface area contributed by atoms with Crippen molar-refractivity contribution in [3.05, 3.63) is 29.8 Å². The van der Waals surface area contributed by atoms with Crippen LogP contribution in [-0.4, -0.2) is 62.8 Å². The smallest absolute Gasteiger partial charge is 0.397 e. The van der Waals surface area contributed by atoms with Crippen molar-refractivity contribution in [2.45, 2.75) is 0 Å². The lowest BCUT2D eigenvalue weighted by molar-refractivity contribution is -0.870. The van der Waals surface area contributed by atoms with E-state index in [1.807, 2.05) is 21.1 Å². The maximum Gasteiger partial charge on any atom is 0.397 e. The number of nitrogens with zero attached hydrogens (tertiary/aromatic N) is 1. The normalized spacial score (nSPS) is 11.4. The van der Waals surface area contributed by atoms with Gasteiger partial charge in [0, 0.05) is 0 Å². The fraction of sp³-hybridized carbons (Fsp3) is 0.417. The molecule has 0 fully saturated rings. The van der Waals surface area contributed by atoms with Gasteiger partial charge in [-0.15, -0.1) is 0 Å². The quantitative estimate of drug-likeness (QED) is 0.576. The summed E-state index contributed by atoms with van der Waals surface area (Å²) in [6.07, 6.45) is 0. The number of hydrogen-bond donors (Lipinski definition) is 2. The molecule has 0 spiro atoms. The van der Waals surface area contributed by atoms with Gasteiger partial charge in [-0.25, -0.2) is 8.98 Å². The molecule has 9 heteroatoms. The number of carboxylic acids is 1. The van der Waals surface area contributed by atoms with E-state index in [1.165, 1.54) is 24.3 Å². The molecule has 1 rings (SSSR count). The summed E-state index contributed by atoms with van der Waals surface area (Å²) in [6, 6.07) is 5.54. The molecule has 0 aliphatic rings. The molecule has 0 aromatic heterocycles. The largest absolute Gasteiger partial charge is 0.872 e. The van der Waals surface area contributed by atoms with Gasteiger partial charge in [-0.2, -0.15) is 8.42 Å². The Bertz CT molecular complexity index is 563. The second-order valence-corrected chi connectivity index (χ2v) is 6.16. The molecule has 1 aromatic rings. The van der Waals surface area contributed by atoms with Gasteiger partial charge in [0.1, 0.15) is 13.2 Å². The SMILES string of the molecule is C[N+](C)(C)CCOS(=O)(=O)O.O=C(O)c1ccccc1[O-]. The second kappa shape index (κ2) is 7.93. The van der Waals surface area contributed by atoms with Crippen LogP contribution in [0.4, 0.5) is 0 Å². The standard InChI is InChI=1S/C7H6O3.C5H13NO4S/c8-6-4-2-1-3-5(6)7(9)10;1-6(2,3)4-5-10-11(7,8)9/h1-4,8H,(H,9,10);4-5H2,1-3H3. The fourth-order valence-electron chi connectivity index (χ4n) is 1.06. The number of aromatic carboxylic acids is 1. The summed E-state index contributed by atoms with van der Waals surface area (Å²) in [6.45, 7) is 0.530. The summed E-state index contributed by atoms with van der Waals surface area (Å²) >= 11 is 0. The molecule has 1 aromatic carbocycles. The van der Waals surface area contributed by atoms with Crippen molar-refractivity contribution in [2.75, 3.05) is 34.3 Å². The van der Waals surface area contributed by atoms with E-state index in [0.717, 1.165) is 0 Å². The third kappa shape index (κ3) is 10.7. The van der Waals surface area contributed by atoms with E-state index in [1.54, 1.807) is 0 Å². The van der Waals surface area contributed by atoms with Crippen molar-refractivity contribution in [1.29, 1.82) is 0 Å². The van der Waals surface area contributed by atoms with Gasteiger partial charge < -0.3 is 14.7 Å². The maximum absolute atomic E-state index is 10.7. The molecule has 21 heavy (non-hydrogen) atoms. The molecule has 0 atom stereocenters. The van der Waals surface area contributed by atoms with Crippen molar-refractivity contribution in [2.24, 2.45) is 0 Å². The van der Waals surface area contributed by atoms with Gasteiger partial charge in [0.25, 0.3) is 0 Å². The Kier molecular flexibility index (Phi) is 7.30. The van der Waals surface area contributed by atoms with Crippen LogP contribution in [0.25, 0.3) is 0 Å². The molecular formula is C12H19NO7S. The number of rotatable bonds is 5. The first-order valence-corrected chi connectivity index (χ1v) is 7.20. The Labute approximate surface area is 123 Å². The molecule has 0 radical (unpaired) electrons. The van der Waals surface area contributed by atoms with E-state index in [9.17, 15) is 18.3 Å². The number of benzene rings is 1. The third-order valence-corrected chi connectivity index (χ3v) is 2.58. The molecule has 0 saturated carbocycles. The Hall–Kier alpha value is -1.68. The molecule has 0 saturated heterocycles. The molecule has 0 heterocycles. The zero-order chi connectivity index (χ0) is 16.7. The van der Waals surface area contributed by atoms with Crippen molar-refractivity contribution >= 4 is 16.4 Å². The minimum Gasteiger partial charge on any atom is -0.872 e. The first kappa shape index (κ1) is 19.3. The molecule has 2 N–H and O–H groups in total. The number of carbonyl (C=O) groups is 1. The van der Waals surface area contributed by atoms with E-state index < -0.39 is 22.1 Å². The van der Waals surface area contributed by atoms with Crippen LogP contribution in [0.15, 0.2) is 24.3 Å². The summed E-state index contributed by atoms with van der Waals surface area (Å²) in [5.74, 6) is -1.62. The highest BCUT2D eigenvalue weighted by molar-refractivity contribution is 7.80. The Balaban J connectivity index is 0.000000382. The van der Waals surface area contributed by atoms with Crippen LogP contribution in [0.3, 0.4) is 0 Å². The van der Waals surface area contributed by atoms with Crippen molar-refractivity contribution in [3.63, 3.8) is 0 Å². The highest BCUT2D eigenvalue weighted by Crippen LogP contribution is 2.10. The summed E-state index contributed by atoms with van der Waals surface area (Å²) in [5.41, 5.74) is -0.178. The lowest BCUT2D eigenvalue weighted by Gasteiger charge is -2.22. The van der Waals surface area contributed by atoms with Crippen LogP contribution in [-0.2, 0) is 14.6 Å². The number of hydrogen-bond acceptors (Lipinski definition) is 5. The maximum atomic E-state index is 10.7. The van der Waals surface area contributed by atoms with Gasteiger partial charge in [-0.3, -0.25) is 4.55 Å². The van der Waals surface area contributed by atoms with E-state index >= 15 is 0 Å². The molecule has 0 bridgehead atoms. The average molecular weight is 321 g/mol. The van der Waals surface area contributed by atoms with E-state index in [2.05, 4.69) is 4.18 Å². The Morgan fingerprint density at radius 1 is 1.29 bits per heavy atom. The van der Waals surface area contributed by atoms with Crippen LogP contribution in [0.1, 0.15) is 10.4 Å². The average Bonchev–Trinajstić information content (AvgIpc) is 2.26. The topological polar surface area (TPSA) is 124 Å². The third-order valence-electron chi connectivity index (χ3n) is 2.11. The molecule has 8 nitrogen and oxygen atoms in total. The lowest BCUT2D eigenvalue weighted by Crippen LogP contribution is -2.37. The van der Waals surface area contributed by atoms with Crippen molar-refractivity contribution in [3.8, 4) is 5.75 Å². The molecule has 120 valence electrons. The summed E-state index contributed by atoms with van der Waals surface area (Å²) < 4.78 is 33.0. The highest BCUT2D eigenvalue weighted by Gasteiger charge is 2.10. The van der Waals surface area contributed by atoms with Gasteiger partial charge in [-0.1, -0.05) is 23.9 Å². The number of likely N-dealkylation sites (N-methyl/N-ethyl adjacent to an activating group) is 1. The van der Waals surface area contributed by atoms with Gasteiger partial charge in [0.15, 0.2) is 0 Å². The summed E-state index contributed by atoms with van der Waals surface area (Å²) in [5, 5.41) is 19.0. The Morgan fingerprint density at radius 3 is 2.14 bits per heavy atom. The fourth-order valence-corrected chi connectivity index (χ4v) is 1.34. The van der Waals surface area contributed by atoms with Gasteiger partial charge in [0.05, 0.1) is 26.7 Å². The monoisotopic (exact) mass is 321 g/mol. The minimum absolute atomic E-state index is 0.00231. The summed E-state index contributed by atoms with van der Waals surface area (Å²) in [4.78, 5) is 10.2. The molecule has 0 amide bonds. The van der Waals surface area contributed by atoms with Gasteiger partial charge in [0.2, 0.25) is 0 Å². The van der Waals surface area contributed by atoms with E-state index in [4.69, 9.17) is 9.66 Å². The molecular weight excluding hydrogens is 302 g/mol. The number of carboxylic acid groups (broad SMARTS) is 1. The van der Waals surface area contributed by atoms with Crippen molar-refractivity contribution < 1.29 is 36.6 Å². The Morgan fingerprint density at radius 2 is 1.81 bits per heavy atom. The zero-order valence-electron chi connectivity index (χ0n) is 12.0. The van der Waals surface area contributed by atoms with Gasteiger partial charge in [-0.05, 0) is 6.07 Å². The molecule has 0 aliphatic heterocycles. The van der Waals surface area contributed by atoms with Crippen LogP contribution in [0, 0.1) is 0 Å². The molecule has 0 unspecified atom stereocenters. The zero-order valence-corrected chi connectivity index (χ0v) is 12.8. The highest BCUT2D eigenvalue weighted by atomic mass is 32.3. The lowest BCUT2D eigenvalue weighted by atomic mass is 10.2. The number of para-hydroxylation sites is 1. The summed E-state index contributed by atoms with van der Waals surface area (Å²) in [7, 11) is 1.43. The van der Waals surface area contributed by atoms with Crippen LogP contribution >= 0.6 is 0 Å².